The van der Waals surface area contributed by atoms with Gasteiger partial charge in [0.15, 0.2) is 0 Å². The Kier molecular flexibility index (Phi) is 5.91. The maximum absolute atomic E-state index is 13.9. The molecule has 0 radical (unpaired) electrons. The highest BCUT2D eigenvalue weighted by atomic mass is 19.1. The van der Waals surface area contributed by atoms with Gasteiger partial charge in [0, 0.05) is 44.0 Å². The van der Waals surface area contributed by atoms with E-state index in [4.69, 9.17) is 4.74 Å². The predicted octanol–water partition coefficient (Wildman–Crippen LogP) is 2.32. The van der Waals surface area contributed by atoms with Gasteiger partial charge in [0.1, 0.15) is 11.9 Å². The van der Waals surface area contributed by atoms with Crippen molar-refractivity contribution in [2.45, 2.75) is 38.8 Å². The summed E-state index contributed by atoms with van der Waals surface area (Å²) in [6.07, 6.45) is 1.31. The van der Waals surface area contributed by atoms with Crippen LogP contribution in [0.1, 0.15) is 38.3 Å². The number of carbonyl (C=O) groups is 1. The van der Waals surface area contributed by atoms with Crippen LogP contribution in [0.3, 0.4) is 0 Å². The predicted molar refractivity (Wildman–Crippen MR) is 96.3 cm³/mol. The quantitative estimate of drug-likeness (QED) is 0.886. The van der Waals surface area contributed by atoms with Crippen LogP contribution < -0.4 is 10.2 Å². The largest absolute Gasteiger partial charge is 0.369 e. The molecule has 2 fully saturated rings. The molecule has 0 bridgehead atoms. The molecule has 1 aromatic carbocycles. The van der Waals surface area contributed by atoms with Gasteiger partial charge in [-0.3, -0.25) is 4.79 Å². The van der Waals surface area contributed by atoms with Crippen molar-refractivity contribution in [3.05, 3.63) is 29.6 Å². The fourth-order valence-electron chi connectivity index (χ4n) is 3.63. The number of rotatable bonds is 5. The Hall–Kier alpha value is -1.66. The van der Waals surface area contributed by atoms with Crippen LogP contribution in [0.4, 0.5) is 10.1 Å². The first-order valence-electron chi connectivity index (χ1n) is 9.27. The number of benzene rings is 1. The molecule has 3 rings (SSSR count). The number of likely N-dealkylation sites (N-methyl/N-ethyl adjacent to an activating group) is 1. The zero-order valence-corrected chi connectivity index (χ0v) is 15.1. The molecule has 2 aliphatic rings. The fourth-order valence-corrected chi connectivity index (χ4v) is 3.63. The second-order valence-electron chi connectivity index (χ2n) is 6.86. The first-order chi connectivity index (χ1) is 12.1. The van der Waals surface area contributed by atoms with E-state index >= 15 is 0 Å². The van der Waals surface area contributed by atoms with Crippen molar-refractivity contribution < 1.29 is 13.9 Å². The summed E-state index contributed by atoms with van der Waals surface area (Å²) in [6, 6.07) is 4.62. The lowest BCUT2D eigenvalue weighted by Crippen LogP contribution is -2.46. The number of nitrogens with one attached hydrogen (secondary N) is 1. The lowest BCUT2D eigenvalue weighted by molar-refractivity contribution is -0.130. The van der Waals surface area contributed by atoms with Gasteiger partial charge in [-0.25, -0.2) is 4.39 Å². The van der Waals surface area contributed by atoms with E-state index in [1.54, 1.807) is 6.07 Å². The monoisotopic (exact) mass is 349 g/mol. The highest BCUT2D eigenvalue weighted by molar-refractivity contribution is 5.81. The van der Waals surface area contributed by atoms with Gasteiger partial charge in [0.2, 0.25) is 5.91 Å². The van der Waals surface area contributed by atoms with Crippen LogP contribution in [-0.4, -0.2) is 56.2 Å². The van der Waals surface area contributed by atoms with Crippen molar-refractivity contribution in [3.63, 3.8) is 0 Å². The molecule has 0 saturated carbocycles. The van der Waals surface area contributed by atoms with Gasteiger partial charge in [-0.15, -0.1) is 0 Å². The molecular formula is C19H28FN3O2. The molecule has 25 heavy (non-hydrogen) atoms. The normalized spacial score (nSPS) is 22.8. The van der Waals surface area contributed by atoms with Crippen molar-refractivity contribution in [1.82, 2.24) is 10.2 Å². The Morgan fingerprint density at radius 2 is 2.12 bits per heavy atom. The number of carbonyl (C=O) groups excluding carboxylic acids is 1. The minimum absolute atomic E-state index is 0.101. The summed E-state index contributed by atoms with van der Waals surface area (Å²) in [6.45, 7) is 9.61. The number of hydrogen-bond donors (Lipinski definition) is 1. The van der Waals surface area contributed by atoms with Gasteiger partial charge in [-0.05, 0) is 44.5 Å². The second kappa shape index (κ2) is 8.15. The number of piperazine rings is 1. The number of amides is 1. The highest BCUT2D eigenvalue weighted by Crippen LogP contribution is 2.29. The van der Waals surface area contributed by atoms with Crippen LogP contribution in [0.2, 0.25) is 0 Å². The Bertz CT molecular complexity index is 596. The number of hydrogen-bond acceptors (Lipinski definition) is 4. The molecule has 1 amide bonds. The summed E-state index contributed by atoms with van der Waals surface area (Å²) in [5, 5.41) is 3.00. The number of nitrogens with zero attached hydrogens (tertiary/aromatic N) is 2. The van der Waals surface area contributed by atoms with Crippen LogP contribution in [0.5, 0.6) is 0 Å². The number of ether oxygens (including phenoxy) is 1. The van der Waals surface area contributed by atoms with Gasteiger partial charge in [0.05, 0.1) is 6.04 Å². The minimum atomic E-state index is -0.368. The van der Waals surface area contributed by atoms with E-state index < -0.39 is 0 Å². The van der Waals surface area contributed by atoms with Crippen molar-refractivity contribution in [1.29, 1.82) is 0 Å². The summed E-state index contributed by atoms with van der Waals surface area (Å²) in [5.41, 5.74) is 1.84. The molecule has 0 aliphatic carbocycles. The van der Waals surface area contributed by atoms with Gasteiger partial charge >= 0.3 is 0 Å². The smallest absolute Gasteiger partial charge is 0.249 e. The summed E-state index contributed by atoms with van der Waals surface area (Å²) in [4.78, 5) is 17.0. The van der Waals surface area contributed by atoms with Gasteiger partial charge < -0.3 is 19.9 Å². The molecule has 2 atom stereocenters. The fraction of sp³-hybridized carbons (Fsp3) is 0.632. The summed E-state index contributed by atoms with van der Waals surface area (Å²) in [5.74, 6) is -0.375. The molecule has 0 spiro atoms. The van der Waals surface area contributed by atoms with E-state index in [1.165, 1.54) is 6.07 Å². The van der Waals surface area contributed by atoms with Crippen molar-refractivity contribution >= 4 is 11.6 Å². The molecular weight excluding hydrogens is 321 g/mol. The Morgan fingerprint density at radius 1 is 1.36 bits per heavy atom. The third-order valence-electron chi connectivity index (χ3n) is 5.20. The maximum atomic E-state index is 13.9. The number of anilines is 1. The average Bonchev–Trinajstić information content (AvgIpc) is 3.16. The van der Waals surface area contributed by atoms with Crippen LogP contribution >= 0.6 is 0 Å². The topological polar surface area (TPSA) is 44.8 Å². The van der Waals surface area contributed by atoms with Crippen LogP contribution in [0.15, 0.2) is 18.2 Å². The Labute approximate surface area is 149 Å². The molecule has 5 nitrogen and oxygen atoms in total. The lowest BCUT2D eigenvalue weighted by atomic mass is 10.0. The molecule has 2 heterocycles. The van der Waals surface area contributed by atoms with E-state index in [1.807, 2.05) is 13.0 Å². The lowest BCUT2D eigenvalue weighted by Gasteiger charge is -2.37. The van der Waals surface area contributed by atoms with Crippen LogP contribution in [0, 0.1) is 5.82 Å². The number of halogens is 1. The maximum Gasteiger partial charge on any atom is 0.249 e. The molecule has 138 valence electrons. The van der Waals surface area contributed by atoms with Crippen molar-refractivity contribution in [2.24, 2.45) is 0 Å². The summed E-state index contributed by atoms with van der Waals surface area (Å²) in [7, 11) is 0. The standard InChI is InChI=1S/C19H28FN3O2/c1-3-22-8-10-23(11-9-22)17-7-6-15(20)13-16(17)14(2)21-19(24)18-5-4-12-25-18/h6-7,13-14,18H,3-5,8-12H2,1-2H3,(H,21,24)/t14-,18+/m1/s1. The van der Waals surface area contributed by atoms with Gasteiger partial charge in [-0.1, -0.05) is 6.92 Å². The molecule has 1 N–H and O–H groups in total. The van der Waals surface area contributed by atoms with E-state index in [0.29, 0.717) is 6.61 Å². The first kappa shape index (κ1) is 18.1. The summed E-state index contributed by atoms with van der Waals surface area (Å²) < 4.78 is 19.3. The molecule has 2 saturated heterocycles. The van der Waals surface area contributed by atoms with Crippen molar-refractivity contribution in [2.75, 3.05) is 44.2 Å². The van der Waals surface area contributed by atoms with E-state index in [2.05, 4.69) is 22.0 Å². The zero-order chi connectivity index (χ0) is 17.8. The van der Waals surface area contributed by atoms with E-state index in [-0.39, 0.29) is 23.9 Å². The Balaban J connectivity index is 1.73. The second-order valence-corrected chi connectivity index (χ2v) is 6.86. The first-order valence-corrected chi connectivity index (χ1v) is 9.27. The van der Waals surface area contributed by atoms with Gasteiger partial charge in [-0.2, -0.15) is 0 Å². The molecule has 1 aromatic rings. The molecule has 0 aromatic heterocycles. The Morgan fingerprint density at radius 3 is 2.76 bits per heavy atom. The average molecular weight is 349 g/mol. The SMILES string of the molecule is CCN1CCN(c2ccc(F)cc2[C@@H](C)NC(=O)[C@@H]2CCCO2)CC1. The van der Waals surface area contributed by atoms with E-state index in [0.717, 1.165) is 56.8 Å². The third-order valence-corrected chi connectivity index (χ3v) is 5.20. The van der Waals surface area contributed by atoms with Crippen LogP contribution in [-0.2, 0) is 9.53 Å². The molecule has 6 heteroatoms. The third kappa shape index (κ3) is 4.30. The minimum Gasteiger partial charge on any atom is -0.369 e. The van der Waals surface area contributed by atoms with Gasteiger partial charge in [0.25, 0.3) is 0 Å². The molecule has 0 unspecified atom stereocenters. The highest BCUT2D eigenvalue weighted by Gasteiger charge is 2.27. The van der Waals surface area contributed by atoms with Crippen LogP contribution in [0.25, 0.3) is 0 Å². The summed E-state index contributed by atoms with van der Waals surface area (Å²) >= 11 is 0. The van der Waals surface area contributed by atoms with Crippen molar-refractivity contribution in [3.8, 4) is 0 Å². The zero-order valence-electron chi connectivity index (χ0n) is 15.1. The van der Waals surface area contributed by atoms with E-state index in [9.17, 15) is 9.18 Å². The molecule has 2 aliphatic heterocycles.